The van der Waals surface area contributed by atoms with Gasteiger partial charge in [-0.15, -0.1) is 0 Å². The molecule has 1 saturated heterocycles. The Hall–Kier alpha value is -0.300. The van der Waals surface area contributed by atoms with Crippen molar-refractivity contribution < 1.29 is 0 Å². The first kappa shape index (κ1) is 12.2. The summed E-state index contributed by atoms with van der Waals surface area (Å²) in [5, 5.41) is 3.63. The van der Waals surface area contributed by atoms with E-state index in [2.05, 4.69) is 33.0 Å². The molecule has 2 atom stereocenters. The van der Waals surface area contributed by atoms with Gasteiger partial charge in [0.2, 0.25) is 0 Å². The molecule has 0 aromatic carbocycles. The molecule has 1 heterocycles. The summed E-state index contributed by atoms with van der Waals surface area (Å²) in [5.41, 5.74) is 3.86. The van der Waals surface area contributed by atoms with E-state index >= 15 is 0 Å². The molecule has 2 fully saturated rings. The van der Waals surface area contributed by atoms with Gasteiger partial charge in [0, 0.05) is 12.1 Å². The van der Waals surface area contributed by atoms with Crippen molar-refractivity contribution in [2.45, 2.75) is 65.3 Å². The van der Waals surface area contributed by atoms with E-state index in [1.54, 1.807) is 11.1 Å². The third-order valence-electron chi connectivity index (χ3n) is 4.38. The van der Waals surface area contributed by atoms with Crippen molar-refractivity contribution in [1.82, 2.24) is 5.32 Å². The van der Waals surface area contributed by atoms with Crippen LogP contribution in [0.1, 0.15) is 59.8 Å². The minimum absolute atomic E-state index is 0.338. The second-order valence-corrected chi connectivity index (χ2v) is 6.64. The number of hydrogen-bond acceptors (Lipinski definition) is 1. The highest BCUT2D eigenvalue weighted by Crippen LogP contribution is 2.38. The van der Waals surface area contributed by atoms with Crippen LogP contribution in [0.5, 0.6) is 0 Å². The third-order valence-corrected chi connectivity index (χ3v) is 4.38. The van der Waals surface area contributed by atoms with Gasteiger partial charge >= 0.3 is 0 Å². The van der Waals surface area contributed by atoms with Crippen LogP contribution in [0.2, 0.25) is 0 Å². The molecule has 2 unspecified atom stereocenters. The Morgan fingerprint density at radius 3 is 2.56 bits per heavy atom. The quantitative estimate of drug-likeness (QED) is 0.662. The Labute approximate surface area is 101 Å². The predicted octanol–water partition coefficient (Wildman–Crippen LogP) is 3.90. The smallest absolute Gasteiger partial charge is 0.0173 e. The molecule has 0 amide bonds. The van der Waals surface area contributed by atoms with Crippen molar-refractivity contribution in [3.8, 4) is 0 Å². The number of nitrogens with one attached hydrogen (secondary N) is 1. The second-order valence-electron chi connectivity index (χ2n) is 6.64. The first-order chi connectivity index (χ1) is 7.50. The monoisotopic (exact) mass is 221 g/mol. The van der Waals surface area contributed by atoms with Gasteiger partial charge in [0.25, 0.3) is 0 Å². The van der Waals surface area contributed by atoms with Crippen LogP contribution in [0.15, 0.2) is 11.1 Å². The molecule has 92 valence electrons. The lowest BCUT2D eigenvalue weighted by atomic mass is 9.76. The Kier molecular flexibility index (Phi) is 3.44. The summed E-state index contributed by atoms with van der Waals surface area (Å²) in [6, 6.07) is 0. The molecule has 0 spiro atoms. The van der Waals surface area contributed by atoms with Gasteiger partial charge in [-0.05, 0) is 51.4 Å². The van der Waals surface area contributed by atoms with Gasteiger partial charge < -0.3 is 5.32 Å². The summed E-state index contributed by atoms with van der Waals surface area (Å²) in [6.45, 7) is 10.6. The van der Waals surface area contributed by atoms with Gasteiger partial charge in [0.05, 0.1) is 0 Å². The first-order valence-corrected chi connectivity index (χ1v) is 6.95. The van der Waals surface area contributed by atoms with Crippen molar-refractivity contribution in [3.63, 3.8) is 0 Å². The highest BCUT2D eigenvalue weighted by atomic mass is 15.0. The fraction of sp³-hybridized carbons (Fsp3) is 0.867. The Morgan fingerprint density at radius 2 is 2.00 bits per heavy atom. The van der Waals surface area contributed by atoms with E-state index in [0.717, 1.165) is 18.4 Å². The molecule has 0 radical (unpaired) electrons. The average molecular weight is 221 g/mol. The summed E-state index contributed by atoms with van der Waals surface area (Å²) in [6.07, 6.45) is 6.82. The van der Waals surface area contributed by atoms with Gasteiger partial charge in [-0.3, -0.25) is 0 Å². The van der Waals surface area contributed by atoms with Gasteiger partial charge in [-0.1, -0.05) is 31.4 Å². The maximum atomic E-state index is 3.63. The molecule has 0 aromatic rings. The maximum absolute atomic E-state index is 3.63. The summed E-state index contributed by atoms with van der Waals surface area (Å²) in [7, 11) is 0. The molecule has 1 aliphatic heterocycles. The summed E-state index contributed by atoms with van der Waals surface area (Å²) >= 11 is 0. The summed E-state index contributed by atoms with van der Waals surface area (Å²) < 4.78 is 0. The Morgan fingerprint density at radius 1 is 1.25 bits per heavy atom. The first-order valence-electron chi connectivity index (χ1n) is 6.95. The van der Waals surface area contributed by atoms with E-state index in [0.29, 0.717) is 5.54 Å². The number of allylic oxidation sites excluding steroid dienone is 1. The molecule has 1 nitrogen and oxygen atoms in total. The van der Waals surface area contributed by atoms with Crippen LogP contribution >= 0.6 is 0 Å². The second kappa shape index (κ2) is 4.52. The van der Waals surface area contributed by atoms with Crippen molar-refractivity contribution in [2.75, 3.05) is 6.54 Å². The molecule has 1 saturated carbocycles. The van der Waals surface area contributed by atoms with Crippen molar-refractivity contribution >= 4 is 0 Å². The Bertz CT molecular complexity index is 288. The maximum Gasteiger partial charge on any atom is 0.0173 e. The lowest BCUT2D eigenvalue weighted by Crippen LogP contribution is -2.31. The molecule has 2 rings (SSSR count). The van der Waals surface area contributed by atoms with Crippen LogP contribution in [0, 0.1) is 11.8 Å². The standard InChI is InChI=1S/C15H27N/c1-5-12-6-11(2)7-13(8-12)14-9-15(3,4)16-10-14/h11-12,16H,5-10H2,1-4H3/b14-13-. The van der Waals surface area contributed by atoms with Crippen molar-refractivity contribution in [1.29, 1.82) is 0 Å². The van der Waals surface area contributed by atoms with E-state index in [4.69, 9.17) is 0 Å². The summed E-state index contributed by atoms with van der Waals surface area (Å²) in [4.78, 5) is 0. The van der Waals surface area contributed by atoms with Gasteiger partial charge in [-0.25, -0.2) is 0 Å². The van der Waals surface area contributed by atoms with Gasteiger partial charge in [0.1, 0.15) is 0 Å². The van der Waals surface area contributed by atoms with E-state index in [9.17, 15) is 0 Å². The largest absolute Gasteiger partial charge is 0.308 e. The molecule has 0 bridgehead atoms. The lowest BCUT2D eigenvalue weighted by molar-refractivity contribution is 0.326. The molecule has 1 aliphatic carbocycles. The molecule has 0 aromatic heterocycles. The summed E-state index contributed by atoms with van der Waals surface area (Å²) in [5.74, 6) is 1.86. The van der Waals surface area contributed by atoms with Gasteiger partial charge in [-0.2, -0.15) is 0 Å². The van der Waals surface area contributed by atoms with Crippen LogP contribution in [0.4, 0.5) is 0 Å². The molecule has 1 heteroatoms. The minimum atomic E-state index is 0.338. The predicted molar refractivity (Wildman–Crippen MR) is 70.5 cm³/mol. The van der Waals surface area contributed by atoms with E-state index < -0.39 is 0 Å². The topological polar surface area (TPSA) is 12.0 Å². The molecular formula is C15H27N. The van der Waals surface area contributed by atoms with Crippen LogP contribution in [0.3, 0.4) is 0 Å². The van der Waals surface area contributed by atoms with E-state index in [-0.39, 0.29) is 0 Å². The van der Waals surface area contributed by atoms with Crippen LogP contribution in [-0.2, 0) is 0 Å². The molecular weight excluding hydrogens is 194 g/mol. The Balaban J connectivity index is 2.11. The highest BCUT2D eigenvalue weighted by Gasteiger charge is 2.30. The fourth-order valence-corrected chi connectivity index (χ4v) is 3.44. The fourth-order valence-electron chi connectivity index (χ4n) is 3.44. The molecule has 2 aliphatic rings. The number of hydrogen-bond donors (Lipinski definition) is 1. The normalized spacial score (nSPS) is 39.0. The zero-order valence-corrected chi connectivity index (χ0v) is 11.4. The van der Waals surface area contributed by atoms with Crippen molar-refractivity contribution in [3.05, 3.63) is 11.1 Å². The highest BCUT2D eigenvalue weighted by molar-refractivity contribution is 5.24. The van der Waals surface area contributed by atoms with E-state index in [1.165, 1.54) is 32.1 Å². The zero-order chi connectivity index (χ0) is 11.8. The molecule has 16 heavy (non-hydrogen) atoms. The minimum Gasteiger partial charge on any atom is -0.308 e. The SMILES string of the molecule is CCC1C/C(=C2\CNC(C)(C)C2)CC(C)C1. The lowest BCUT2D eigenvalue weighted by Gasteiger charge is -2.30. The van der Waals surface area contributed by atoms with E-state index in [1.807, 2.05) is 0 Å². The third kappa shape index (κ3) is 2.68. The molecule has 1 N–H and O–H groups in total. The van der Waals surface area contributed by atoms with Crippen LogP contribution in [0.25, 0.3) is 0 Å². The zero-order valence-electron chi connectivity index (χ0n) is 11.4. The van der Waals surface area contributed by atoms with Gasteiger partial charge in [0.15, 0.2) is 0 Å². The van der Waals surface area contributed by atoms with Crippen LogP contribution in [-0.4, -0.2) is 12.1 Å². The van der Waals surface area contributed by atoms with Crippen LogP contribution < -0.4 is 5.32 Å². The average Bonchev–Trinajstić information content (AvgIpc) is 2.58. The van der Waals surface area contributed by atoms with Crippen molar-refractivity contribution in [2.24, 2.45) is 11.8 Å². The number of rotatable bonds is 1.